The lowest BCUT2D eigenvalue weighted by atomic mass is 9.98. The van der Waals surface area contributed by atoms with Crippen LogP contribution in [0.4, 0.5) is 0 Å². The van der Waals surface area contributed by atoms with Crippen LogP contribution in [0.1, 0.15) is 46.0 Å². The summed E-state index contributed by atoms with van der Waals surface area (Å²) in [6, 6.07) is 0.138. The summed E-state index contributed by atoms with van der Waals surface area (Å²) in [4.78, 5) is 0. The van der Waals surface area contributed by atoms with Crippen LogP contribution in [0.5, 0.6) is 0 Å². The average molecular weight is 317 g/mol. The molecule has 124 valence electrons. The third-order valence-corrected chi connectivity index (χ3v) is 7.08. The highest BCUT2D eigenvalue weighted by Gasteiger charge is 2.38. The topological polar surface area (TPSA) is 52.7 Å². The Labute approximate surface area is 130 Å². The lowest BCUT2D eigenvalue weighted by Gasteiger charge is -2.35. The normalized spacial score (nSPS) is 23.6. The van der Waals surface area contributed by atoms with E-state index in [1.54, 1.807) is 15.7 Å². The first-order valence-corrected chi connectivity index (χ1v) is 9.80. The lowest BCUT2D eigenvalue weighted by Crippen LogP contribution is -2.49. The third kappa shape index (κ3) is 4.41. The molecule has 0 aromatic heterocycles. The monoisotopic (exact) mass is 317 g/mol. The van der Waals surface area contributed by atoms with Gasteiger partial charge in [0.25, 0.3) is 10.2 Å². The van der Waals surface area contributed by atoms with Crippen molar-refractivity contribution in [2.24, 2.45) is 11.8 Å². The summed E-state index contributed by atoms with van der Waals surface area (Å²) in [7, 11) is -1.53. The zero-order chi connectivity index (χ0) is 15.5. The highest BCUT2D eigenvalue weighted by molar-refractivity contribution is 7.86. The van der Waals surface area contributed by atoms with Crippen LogP contribution >= 0.6 is 0 Å². The molecule has 6 heteroatoms. The van der Waals surface area contributed by atoms with Gasteiger partial charge in [0.15, 0.2) is 0 Å². The van der Waals surface area contributed by atoms with Gasteiger partial charge in [-0.2, -0.15) is 17.0 Å². The lowest BCUT2D eigenvalue weighted by molar-refractivity contribution is 0.242. The van der Waals surface area contributed by atoms with E-state index in [1.807, 2.05) is 6.92 Å². The first-order valence-electron chi connectivity index (χ1n) is 8.40. The minimum absolute atomic E-state index is 0.138. The van der Waals surface area contributed by atoms with E-state index in [1.165, 1.54) is 12.8 Å². The Morgan fingerprint density at radius 3 is 2.38 bits per heavy atom. The molecule has 21 heavy (non-hydrogen) atoms. The van der Waals surface area contributed by atoms with Gasteiger partial charge in [-0.15, -0.1) is 0 Å². The predicted molar refractivity (Wildman–Crippen MR) is 86.3 cm³/mol. The number of nitrogens with one attached hydrogen (secondary N) is 1. The Morgan fingerprint density at radius 2 is 1.86 bits per heavy atom. The minimum Gasteiger partial charge on any atom is -0.316 e. The maximum Gasteiger partial charge on any atom is 0.281 e. The van der Waals surface area contributed by atoms with Gasteiger partial charge in [0, 0.05) is 26.2 Å². The van der Waals surface area contributed by atoms with Crippen LogP contribution in [-0.2, 0) is 10.2 Å². The van der Waals surface area contributed by atoms with Crippen molar-refractivity contribution in [2.45, 2.75) is 52.0 Å². The SMILES string of the molecule is CCCNCC1CCN(S(=O)(=O)N(C)C(C)C2CC2)CC1. The van der Waals surface area contributed by atoms with Crippen LogP contribution in [0.25, 0.3) is 0 Å². The molecule has 5 nitrogen and oxygen atoms in total. The number of rotatable bonds is 8. The molecule has 0 aromatic carbocycles. The van der Waals surface area contributed by atoms with E-state index >= 15 is 0 Å². The second kappa shape index (κ2) is 7.40. The van der Waals surface area contributed by atoms with Crippen LogP contribution in [0.2, 0.25) is 0 Å². The summed E-state index contributed by atoms with van der Waals surface area (Å²) in [5.74, 6) is 1.19. The van der Waals surface area contributed by atoms with Gasteiger partial charge >= 0.3 is 0 Å². The van der Waals surface area contributed by atoms with Gasteiger partial charge in [-0.05, 0) is 64.0 Å². The summed E-state index contributed by atoms with van der Waals surface area (Å²) in [6.07, 6.45) is 5.44. The Balaban J connectivity index is 1.82. The molecule has 1 heterocycles. The highest BCUT2D eigenvalue weighted by atomic mass is 32.2. The van der Waals surface area contributed by atoms with Crippen molar-refractivity contribution in [3.05, 3.63) is 0 Å². The molecular weight excluding hydrogens is 286 g/mol. The van der Waals surface area contributed by atoms with Gasteiger partial charge in [-0.1, -0.05) is 6.92 Å². The van der Waals surface area contributed by atoms with Gasteiger partial charge in [-0.3, -0.25) is 0 Å². The van der Waals surface area contributed by atoms with Gasteiger partial charge in [0.05, 0.1) is 0 Å². The zero-order valence-electron chi connectivity index (χ0n) is 13.7. The van der Waals surface area contributed by atoms with Gasteiger partial charge < -0.3 is 5.32 Å². The summed E-state index contributed by atoms with van der Waals surface area (Å²) in [6.45, 7) is 7.62. The van der Waals surface area contributed by atoms with Crippen molar-refractivity contribution in [3.8, 4) is 0 Å². The van der Waals surface area contributed by atoms with E-state index in [4.69, 9.17) is 0 Å². The molecule has 1 unspecified atom stereocenters. The molecule has 1 saturated heterocycles. The van der Waals surface area contributed by atoms with Gasteiger partial charge in [0.2, 0.25) is 0 Å². The first kappa shape index (κ1) is 17.2. The van der Waals surface area contributed by atoms with Crippen molar-refractivity contribution in [2.75, 3.05) is 33.2 Å². The third-order valence-electron chi connectivity index (χ3n) is 5.00. The molecule has 0 aromatic rings. The Bertz CT molecular complexity index is 415. The van der Waals surface area contributed by atoms with Crippen LogP contribution in [0.3, 0.4) is 0 Å². The molecule has 0 spiro atoms. The van der Waals surface area contributed by atoms with Crippen LogP contribution < -0.4 is 5.32 Å². The van der Waals surface area contributed by atoms with E-state index in [0.717, 1.165) is 32.4 Å². The molecule has 2 fully saturated rings. The van der Waals surface area contributed by atoms with E-state index < -0.39 is 10.2 Å². The molecule has 1 aliphatic carbocycles. The van der Waals surface area contributed by atoms with Crippen molar-refractivity contribution in [3.63, 3.8) is 0 Å². The quantitative estimate of drug-likeness (QED) is 0.693. The molecule has 2 rings (SSSR count). The summed E-state index contributed by atoms with van der Waals surface area (Å²) < 4.78 is 28.6. The summed E-state index contributed by atoms with van der Waals surface area (Å²) in [5, 5.41) is 3.44. The fourth-order valence-electron chi connectivity index (χ4n) is 3.09. The first-order chi connectivity index (χ1) is 9.96. The fourth-order valence-corrected chi connectivity index (χ4v) is 4.72. The minimum atomic E-state index is -3.27. The maximum absolute atomic E-state index is 12.7. The number of nitrogens with zero attached hydrogens (tertiary/aromatic N) is 2. The van der Waals surface area contributed by atoms with Crippen molar-refractivity contribution < 1.29 is 8.42 Å². The zero-order valence-corrected chi connectivity index (χ0v) is 14.5. The number of hydrogen-bond acceptors (Lipinski definition) is 3. The van der Waals surface area contributed by atoms with Crippen molar-refractivity contribution in [1.29, 1.82) is 0 Å². The molecule has 0 radical (unpaired) electrons. The van der Waals surface area contributed by atoms with Gasteiger partial charge in [0.1, 0.15) is 0 Å². The maximum atomic E-state index is 12.7. The second-order valence-electron chi connectivity index (χ2n) is 6.65. The molecular formula is C15H31N3O2S. The standard InChI is InChI=1S/C15H31N3O2S/c1-4-9-16-12-14-7-10-18(11-8-14)21(19,20)17(3)13(2)15-5-6-15/h13-16H,4-12H2,1-3H3. The van der Waals surface area contributed by atoms with Gasteiger partial charge in [-0.25, -0.2) is 0 Å². The molecule has 2 aliphatic rings. The average Bonchev–Trinajstić information content (AvgIpc) is 3.31. The van der Waals surface area contributed by atoms with Crippen LogP contribution in [0.15, 0.2) is 0 Å². The van der Waals surface area contributed by atoms with E-state index in [-0.39, 0.29) is 6.04 Å². The number of hydrogen-bond donors (Lipinski definition) is 1. The van der Waals surface area contributed by atoms with Crippen molar-refractivity contribution >= 4 is 10.2 Å². The molecule has 1 N–H and O–H groups in total. The van der Waals surface area contributed by atoms with Crippen LogP contribution in [-0.4, -0.2) is 56.3 Å². The smallest absolute Gasteiger partial charge is 0.281 e. The van der Waals surface area contributed by atoms with Crippen LogP contribution in [0, 0.1) is 11.8 Å². The number of piperidine rings is 1. The molecule has 1 atom stereocenters. The molecule has 1 saturated carbocycles. The fraction of sp³-hybridized carbons (Fsp3) is 1.00. The molecule has 1 aliphatic heterocycles. The van der Waals surface area contributed by atoms with Crippen molar-refractivity contribution in [1.82, 2.24) is 13.9 Å². The second-order valence-corrected chi connectivity index (χ2v) is 8.64. The van der Waals surface area contributed by atoms with E-state index in [2.05, 4.69) is 12.2 Å². The molecule has 0 bridgehead atoms. The summed E-state index contributed by atoms with van der Waals surface area (Å²) in [5.41, 5.74) is 0. The highest BCUT2D eigenvalue weighted by Crippen LogP contribution is 2.36. The summed E-state index contributed by atoms with van der Waals surface area (Å²) >= 11 is 0. The Kier molecular flexibility index (Phi) is 6.05. The Morgan fingerprint density at radius 1 is 1.24 bits per heavy atom. The van der Waals surface area contributed by atoms with E-state index in [9.17, 15) is 8.42 Å². The predicted octanol–water partition coefficient (Wildman–Crippen LogP) is 1.67. The molecule has 0 amide bonds. The van der Waals surface area contributed by atoms with E-state index in [0.29, 0.717) is 24.9 Å². The largest absolute Gasteiger partial charge is 0.316 e. The Hall–Kier alpha value is -0.170.